The van der Waals surface area contributed by atoms with Crippen molar-refractivity contribution in [2.75, 3.05) is 29.9 Å². The molecule has 0 saturated carbocycles. The van der Waals surface area contributed by atoms with Crippen molar-refractivity contribution in [3.05, 3.63) is 5.28 Å². The number of halogens is 1. The molecule has 112 valence electrons. The topological polar surface area (TPSA) is 74.2 Å². The van der Waals surface area contributed by atoms with E-state index in [4.69, 9.17) is 11.6 Å². The van der Waals surface area contributed by atoms with Gasteiger partial charge in [0.15, 0.2) is 0 Å². The molecule has 1 aromatic rings. The minimum absolute atomic E-state index is 0.0210. The van der Waals surface area contributed by atoms with Crippen molar-refractivity contribution in [1.29, 1.82) is 0 Å². The van der Waals surface area contributed by atoms with Crippen molar-refractivity contribution in [3.63, 3.8) is 0 Å². The first-order chi connectivity index (χ1) is 9.39. The van der Waals surface area contributed by atoms with Gasteiger partial charge >= 0.3 is 0 Å². The van der Waals surface area contributed by atoms with Crippen LogP contribution in [0.25, 0.3) is 0 Å². The van der Waals surface area contributed by atoms with Crippen LogP contribution in [-0.4, -0.2) is 45.3 Å². The van der Waals surface area contributed by atoms with Gasteiger partial charge < -0.3 is 15.3 Å². The molecule has 0 bridgehead atoms. The van der Waals surface area contributed by atoms with E-state index in [1.807, 2.05) is 13.8 Å². The van der Waals surface area contributed by atoms with E-state index in [0.29, 0.717) is 11.9 Å². The molecule has 0 amide bonds. The van der Waals surface area contributed by atoms with Crippen LogP contribution in [0.3, 0.4) is 0 Å². The number of hydrogen-bond acceptors (Lipinski definition) is 6. The molecule has 1 aliphatic rings. The Hall–Kier alpha value is -1.14. The van der Waals surface area contributed by atoms with Gasteiger partial charge in [-0.1, -0.05) is 6.92 Å². The Balaban J connectivity index is 2.16. The second-order valence-corrected chi connectivity index (χ2v) is 6.40. The number of hydrogen-bond donors (Lipinski definition) is 2. The standard InChI is InChI=1S/C13H22ClN5O/c1-9-4-6-19(7-5-9)12-16-10(14)15-11(17-12)18-13(2,3)8-20/h9,20H,4-8H2,1-3H3,(H,15,16,17,18). The highest BCUT2D eigenvalue weighted by molar-refractivity contribution is 6.28. The molecule has 20 heavy (non-hydrogen) atoms. The van der Waals surface area contributed by atoms with Gasteiger partial charge in [-0.2, -0.15) is 15.0 Å². The summed E-state index contributed by atoms with van der Waals surface area (Å²) >= 11 is 5.98. The summed E-state index contributed by atoms with van der Waals surface area (Å²) in [4.78, 5) is 14.8. The fourth-order valence-electron chi connectivity index (χ4n) is 2.09. The SMILES string of the molecule is CC1CCN(c2nc(Cl)nc(NC(C)(C)CO)n2)CC1. The number of nitrogens with zero attached hydrogens (tertiary/aromatic N) is 4. The molecule has 0 radical (unpaired) electrons. The lowest BCUT2D eigenvalue weighted by Gasteiger charge is -2.30. The Morgan fingerprint density at radius 3 is 2.55 bits per heavy atom. The molecule has 1 saturated heterocycles. The number of anilines is 2. The number of aliphatic hydroxyl groups is 1. The van der Waals surface area contributed by atoms with Gasteiger partial charge in [-0.15, -0.1) is 0 Å². The van der Waals surface area contributed by atoms with Crippen LogP contribution in [-0.2, 0) is 0 Å². The van der Waals surface area contributed by atoms with E-state index < -0.39 is 5.54 Å². The zero-order valence-electron chi connectivity index (χ0n) is 12.2. The van der Waals surface area contributed by atoms with Crippen LogP contribution in [0.5, 0.6) is 0 Å². The zero-order chi connectivity index (χ0) is 14.8. The van der Waals surface area contributed by atoms with Gasteiger partial charge in [0, 0.05) is 13.1 Å². The van der Waals surface area contributed by atoms with E-state index in [-0.39, 0.29) is 11.9 Å². The minimum atomic E-state index is -0.502. The first kappa shape index (κ1) is 15.3. The maximum absolute atomic E-state index is 9.29. The van der Waals surface area contributed by atoms with Crippen LogP contribution >= 0.6 is 11.6 Å². The van der Waals surface area contributed by atoms with Crippen molar-refractivity contribution < 1.29 is 5.11 Å². The van der Waals surface area contributed by atoms with E-state index >= 15 is 0 Å². The zero-order valence-corrected chi connectivity index (χ0v) is 13.0. The highest BCUT2D eigenvalue weighted by Crippen LogP contribution is 2.22. The van der Waals surface area contributed by atoms with Gasteiger partial charge in [-0.3, -0.25) is 0 Å². The first-order valence-corrected chi connectivity index (χ1v) is 7.33. The third kappa shape index (κ3) is 3.93. The van der Waals surface area contributed by atoms with Crippen molar-refractivity contribution in [2.24, 2.45) is 5.92 Å². The number of piperidine rings is 1. The summed E-state index contributed by atoms with van der Waals surface area (Å²) in [6, 6.07) is 0. The van der Waals surface area contributed by atoms with E-state index in [2.05, 4.69) is 32.1 Å². The smallest absolute Gasteiger partial charge is 0.231 e. The highest BCUT2D eigenvalue weighted by atomic mass is 35.5. The Labute approximate surface area is 124 Å². The number of rotatable bonds is 4. The second-order valence-electron chi connectivity index (χ2n) is 6.06. The maximum atomic E-state index is 9.29. The Bertz CT molecular complexity index is 460. The predicted octanol–water partition coefficient (Wildman–Crippen LogP) is 1.94. The molecule has 1 aliphatic heterocycles. The molecule has 0 unspecified atom stereocenters. The third-order valence-electron chi connectivity index (χ3n) is 3.51. The Morgan fingerprint density at radius 2 is 1.95 bits per heavy atom. The second kappa shape index (κ2) is 6.10. The summed E-state index contributed by atoms with van der Waals surface area (Å²) in [5.41, 5.74) is -0.502. The summed E-state index contributed by atoms with van der Waals surface area (Å²) in [5, 5.41) is 12.5. The normalized spacial score (nSPS) is 17.4. The van der Waals surface area contributed by atoms with Gasteiger partial charge in [-0.25, -0.2) is 0 Å². The molecule has 1 fully saturated rings. The number of aromatic nitrogens is 3. The molecule has 7 heteroatoms. The molecule has 2 rings (SSSR count). The molecule has 2 N–H and O–H groups in total. The lowest BCUT2D eigenvalue weighted by Crippen LogP contribution is -2.37. The van der Waals surface area contributed by atoms with Crippen molar-refractivity contribution in [1.82, 2.24) is 15.0 Å². The fourth-order valence-corrected chi connectivity index (χ4v) is 2.24. The monoisotopic (exact) mass is 299 g/mol. The molecule has 0 aliphatic carbocycles. The van der Waals surface area contributed by atoms with Gasteiger partial charge in [0.05, 0.1) is 12.1 Å². The van der Waals surface area contributed by atoms with Crippen LogP contribution in [0, 0.1) is 5.92 Å². The van der Waals surface area contributed by atoms with Crippen LogP contribution < -0.4 is 10.2 Å². The van der Waals surface area contributed by atoms with Crippen LogP contribution in [0.1, 0.15) is 33.6 Å². The predicted molar refractivity (Wildman–Crippen MR) is 80.2 cm³/mol. The quantitative estimate of drug-likeness (QED) is 0.885. The molecule has 0 spiro atoms. The van der Waals surface area contributed by atoms with E-state index in [1.54, 1.807) is 0 Å². The van der Waals surface area contributed by atoms with Crippen LogP contribution in [0.15, 0.2) is 0 Å². The van der Waals surface area contributed by atoms with E-state index in [9.17, 15) is 5.11 Å². The largest absolute Gasteiger partial charge is 0.394 e. The molecule has 0 aromatic carbocycles. The first-order valence-electron chi connectivity index (χ1n) is 6.95. The fraction of sp³-hybridized carbons (Fsp3) is 0.769. The van der Waals surface area contributed by atoms with Gasteiger partial charge in [-0.05, 0) is 44.2 Å². The summed E-state index contributed by atoms with van der Waals surface area (Å²) in [5.74, 6) is 1.75. The average Bonchev–Trinajstić information content (AvgIpc) is 2.38. The molecule has 6 nitrogen and oxygen atoms in total. The molecule has 1 aromatic heterocycles. The van der Waals surface area contributed by atoms with Crippen molar-refractivity contribution in [2.45, 2.75) is 39.2 Å². The summed E-state index contributed by atoms with van der Waals surface area (Å²) in [6.45, 7) is 7.84. The lowest BCUT2D eigenvalue weighted by molar-refractivity contribution is 0.233. The molecule has 0 atom stereocenters. The van der Waals surface area contributed by atoms with Crippen molar-refractivity contribution >= 4 is 23.5 Å². The average molecular weight is 300 g/mol. The van der Waals surface area contributed by atoms with E-state index in [1.165, 1.54) is 0 Å². The number of aliphatic hydroxyl groups excluding tert-OH is 1. The van der Waals surface area contributed by atoms with Gasteiger partial charge in [0.25, 0.3) is 0 Å². The highest BCUT2D eigenvalue weighted by Gasteiger charge is 2.22. The molecule has 2 heterocycles. The van der Waals surface area contributed by atoms with Crippen molar-refractivity contribution in [3.8, 4) is 0 Å². The summed E-state index contributed by atoms with van der Waals surface area (Å²) < 4.78 is 0. The van der Waals surface area contributed by atoms with Gasteiger partial charge in [0.1, 0.15) is 0 Å². The third-order valence-corrected chi connectivity index (χ3v) is 3.68. The minimum Gasteiger partial charge on any atom is -0.394 e. The number of nitrogens with one attached hydrogen (secondary N) is 1. The summed E-state index contributed by atoms with van der Waals surface area (Å²) in [6.07, 6.45) is 2.27. The Kier molecular flexibility index (Phi) is 4.65. The maximum Gasteiger partial charge on any atom is 0.231 e. The van der Waals surface area contributed by atoms with Crippen LogP contribution in [0.2, 0.25) is 5.28 Å². The lowest BCUT2D eigenvalue weighted by atomic mass is 10.00. The van der Waals surface area contributed by atoms with Crippen LogP contribution in [0.4, 0.5) is 11.9 Å². The van der Waals surface area contributed by atoms with Gasteiger partial charge in [0.2, 0.25) is 17.2 Å². The Morgan fingerprint density at radius 1 is 1.30 bits per heavy atom. The van der Waals surface area contributed by atoms with E-state index in [0.717, 1.165) is 31.8 Å². The summed E-state index contributed by atoms with van der Waals surface area (Å²) in [7, 11) is 0. The molecular formula is C13H22ClN5O. The molecular weight excluding hydrogens is 278 g/mol.